The molecule has 4 heteroatoms. The van der Waals surface area contributed by atoms with E-state index in [4.69, 9.17) is 0 Å². The van der Waals surface area contributed by atoms with Crippen molar-refractivity contribution in [2.45, 2.75) is 341 Å². The Morgan fingerprint density at radius 3 is 0.934 bits per heavy atom. The van der Waals surface area contributed by atoms with Crippen molar-refractivity contribution in [2.75, 3.05) is 0 Å². The lowest BCUT2D eigenvalue weighted by Gasteiger charge is -2.48. The lowest BCUT2D eigenvalue weighted by atomic mass is 9.78. The van der Waals surface area contributed by atoms with E-state index in [0.29, 0.717) is 12.3 Å². The Balaban J connectivity index is 1.61. The smallest absolute Gasteiger partial charge is 0.233 e. The standard InChI is InChI=1S/C57H110N2O2/c1-7-9-11-13-15-17-19-21-23-25-27-28-29-31-33-35-37-39-41-43-45-47-51(53-48-54(60)59(55(53)61)52-49-56(3,4)58-57(5,6)50-52)46-44-42-40-38-36-34-32-30-26-24-22-20-18-16-14-12-10-8-2/h51-53,58H,7-50H2,1-6H3. The summed E-state index contributed by atoms with van der Waals surface area (Å²) >= 11 is 0. The predicted molar refractivity (Wildman–Crippen MR) is 268 cm³/mol. The Hall–Kier alpha value is -0.900. The summed E-state index contributed by atoms with van der Waals surface area (Å²) < 4.78 is 0. The van der Waals surface area contributed by atoms with Crippen LogP contribution in [0, 0.1) is 11.8 Å². The van der Waals surface area contributed by atoms with Gasteiger partial charge in [-0.05, 0) is 59.3 Å². The maximum atomic E-state index is 14.2. The second-order valence-corrected chi connectivity index (χ2v) is 22.3. The van der Waals surface area contributed by atoms with E-state index in [2.05, 4.69) is 46.9 Å². The van der Waals surface area contributed by atoms with Crippen molar-refractivity contribution in [3.8, 4) is 0 Å². The lowest BCUT2D eigenvalue weighted by Crippen LogP contribution is -2.62. The predicted octanol–water partition coefficient (Wildman–Crippen LogP) is 18.3. The fourth-order valence-electron chi connectivity index (χ4n) is 11.6. The van der Waals surface area contributed by atoms with Gasteiger partial charge in [0.15, 0.2) is 0 Å². The van der Waals surface area contributed by atoms with Crippen LogP contribution >= 0.6 is 0 Å². The van der Waals surface area contributed by atoms with Crippen molar-refractivity contribution < 1.29 is 9.59 Å². The molecule has 2 aliphatic heterocycles. The number of nitrogens with zero attached hydrogens (tertiary/aromatic N) is 1. The highest BCUT2D eigenvalue weighted by atomic mass is 16.2. The van der Waals surface area contributed by atoms with Gasteiger partial charge in [0.2, 0.25) is 11.8 Å². The average Bonchev–Trinajstić information content (AvgIpc) is 3.51. The van der Waals surface area contributed by atoms with Gasteiger partial charge in [-0.1, -0.05) is 264 Å². The molecule has 0 spiro atoms. The number of likely N-dealkylation sites (tertiary alicyclic amines) is 1. The first-order chi connectivity index (χ1) is 29.6. The molecule has 2 rings (SSSR count). The molecule has 1 N–H and O–H groups in total. The van der Waals surface area contributed by atoms with Gasteiger partial charge < -0.3 is 5.32 Å². The fourth-order valence-corrected chi connectivity index (χ4v) is 11.6. The Bertz CT molecular complexity index is 1020. The molecular weight excluding hydrogens is 745 g/mol. The summed E-state index contributed by atoms with van der Waals surface area (Å²) in [5.74, 6) is 0.546. The number of amides is 2. The Labute approximate surface area is 383 Å². The summed E-state index contributed by atoms with van der Waals surface area (Å²) in [5.41, 5.74) is -0.160. The second-order valence-electron chi connectivity index (χ2n) is 22.3. The third-order valence-electron chi connectivity index (χ3n) is 14.9. The van der Waals surface area contributed by atoms with E-state index in [0.717, 1.165) is 25.7 Å². The van der Waals surface area contributed by atoms with Crippen molar-refractivity contribution in [3.63, 3.8) is 0 Å². The second kappa shape index (κ2) is 36.3. The molecule has 2 aliphatic rings. The van der Waals surface area contributed by atoms with Gasteiger partial charge in [-0.3, -0.25) is 14.5 Å². The molecule has 2 atom stereocenters. The van der Waals surface area contributed by atoms with Crippen LogP contribution in [0.1, 0.15) is 324 Å². The lowest BCUT2D eigenvalue weighted by molar-refractivity contribution is -0.144. The molecule has 2 saturated heterocycles. The third-order valence-corrected chi connectivity index (χ3v) is 14.9. The molecule has 4 nitrogen and oxygen atoms in total. The highest BCUT2D eigenvalue weighted by molar-refractivity contribution is 6.04. The summed E-state index contributed by atoms with van der Waals surface area (Å²) in [6, 6.07) is 0.0199. The molecule has 0 saturated carbocycles. The number of nitrogens with one attached hydrogen (secondary N) is 1. The molecule has 2 unspecified atom stereocenters. The molecule has 0 aromatic carbocycles. The topological polar surface area (TPSA) is 49.4 Å². The van der Waals surface area contributed by atoms with E-state index < -0.39 is 0 Å². The minimum atomic E-state index is -0.0930. The number of piperidine rings is 1. The molecule has 360 valence electrons. The molecular formula is C57H110N2O2. The molecule has 0 aromatic heterocycles. The van der Waals surface area contributed by atoms with E-state index >= 15 is 0 Å². The van der Waals surface area contributed by atoms with Crippen LogP contribution in [0.5, 0.6) is 0 Å². The van der Waals surface area contributed by atoms with Crippen LogP contribution in [-0.2, 0) is 9.59 Å². The van der Waals surface area contributed by atoms with E-state index in [9.17, 15) is 9.59 Å². The van der Waals surface area contributed by atoms with Gasteiger partial charge in [0, 0.05) is 23.5 Å². The molecule has 0 aromatic rings. The van der Waals surface area contributed by atoms with Gasteiger partial charge in [0.25, 0.3) is 0 Å². The van der Waals surface area contributed by atoms with E-state index in [-0.39, 0.29) is 34.9 Å². The van der Waals surface area contributed by atoms with Gasteiger partial charge in [-0.2, -0.15) is 0 Å². The fraction of sp³-hybridized carbons (Fsp3) is 0.965. The number of rotatable bonds is 43. The molecule has 0 radical (unpaired) electrons. The zero-order chi connectivity index (χ0) is 44.3. The van der Waals surface area contributed by atoms with Crippen LogP contribution in [-0.4, -0.2) is 33.8 Å². The average molecular weight is 856 g/mol. The van der Waals surface area contributed by atoms with Gasteiger partial charge in [-0.15, -0.1) is 0 Å². The molecule has 2 heterocycles. The van der Waals surface area contributed by atoms with E-state index in [1.54, 1.807) is 4.90 Å². The molecule has 2 amide bonds. The highest BCUT2D eigenvalue weighted by Gasteiger charge is 2.49. The van der Waals surface area contributed by atoms with Crippen LogP contribution in [0.3, 0.4) is 0 Å². The maximum absolute atomic E-state index is 14.2. The largest absolute Gasteiger partial charge is 0.307 e. The van der Waals surface area contributed by atoms with E-state index in [1.807, 2.05) is 0 Å². The minimum absolute atomic E-state index is 0.0199. The van der Waals surface area contributed by atoms with Gasteiger partial charge in [-0.25, -0.2) is 0 Å². The summed E-state index contributed by atoms with van der Waals surface area (Å²) in [7, 11) is 0. The van der Waals surface area contributed by atoms with Gasteiger partial charge >= 0.3 is 0 Å². The quantitative estimate of drug-likeness (QED) is 0.0491. The monoisotopic (exact) mass is 855 g/mol. The first kappa shape index (κ1) is 56.2. The SMILES string of the molecule is CCCCCCCCCCCCCCCCCCCCCCCC(CCCCCCCCCCCCCCCCCCCC)C1CC(=O)N(C2CC(C)(C)NC(C)(C)C2)C1=O. The number of unbranched alkanes of at least 4 members (excludes halogenated alkanes) is 37. The zero-order valence-electron chi connectivity index (χ0n) is 42.6. The summed E-state index contributed by atoms with van der Waals surface area (Å²) in [6.45, 7) is 13.5. The molecule has 61 heavy (non-hydrogen) atoms. The summed E-state index contributed by atoms with van der Waals surface area (Å²) in [6.07, 6.45) is 59.1. The Kier molecular flexibility index (Phi) is 33.5. The maximum Gasteiger partial charge on any atom is 0.233 e. The van der Waals surface area contributed by atoms with Crippen molar-refractivity contribution >= 4 is 11.8 Å². The number of hydrogen-bond donors (Lipinski definition) is 1. The van der Waals surface area contributed by atoms with Crippen LogP contribution in [0.4, 0.5) is 0 Å². The summed E-state index contributed by atoms with van der Waals surface area (Å²) in [4.78, 5) is 29.5. The highest BCUT2D eigenvalue weighted by Crippen LogP contribution is 2.39. The van der Waals surface area contributed by atoms with Crippen molar-refractivity contribution in [3.05, 3.63) is 0 Å². The van der Waals surface area contributed by atoms with Crippen molar-refractivity contribution in [2.24, 2.45) is 11.8 Å². The number of carbonyl (C=O) groups excluding carboxylic acids is 2. The Morgan fingerprint density at radius 2 is 0.672 bits per heavy atom. The van der Waals surface area contributed by atoms with Crippen LogP contribution in [0.25, 0.3) is 0 Å². The van der Waals surface area contributed by atoms with Gasteiger partial charge in [0.05, 0.1) is 5.92 Å². The van der Waals surface area contributed by atoms with Crippen LogP contribution in [0.15, 0.2) is 0 Å². The first-order valence-electron chi connectivity index (χ1n) is 28.3. The number of carbonyl (C=O) groups is 2. The van der Waals surface area contributed by atoms with Gasteiger partial charge in [0.1, 0.15) is 0 Å². The molecule has 2 fully saturated rings. The number of imide groups is 1. The van der Waals surface area contributed by atoms with Crippen molar-refractivity contribution in [1.29, 1.82) is 0 Å². The van der Waals surface area contributed by atoms with Crippen LogP contribution < -0.4 is 5.32 Å². The van der Waals surface area contributed by atoms with Crippen LogP contribution in [0.2, 0.25) is 0 Å². The summed E-state index contributed by atoms with van der Waals surface area (Å²) in [5, 5.41) is 3.75. The number of hydrogen-bond acceptors (Lipinski definition) is 3. The zero-order valence-corrected chi connectivity index (χ0v) is 42.6. The first-order valence-corrected chi connectivity index (χ1v) is 28.3. The van der Waals surface area contributed by atoms with E-state index in [1.165, 1.54) is 250 Å². The molecule has 0 aliphatic carbocycles. The normalized spacial score (nSPS) is 18.5. The molecule has 0 bridgehead atoms. The minimum Gasteiger partial charge on any atom is -0.307 e. The third kappa shape index (κ3) is 28.6. The Morgan fingerprint density at radius 1 is 0.426 bits per heavy atom. The van der Waals surface area contributed by atoms with Crippen molar-refractivity contribution in [1.82, 2.24) is 10.2 Å².